The highest BCUT2D eigenvalue weighted by atomic mass is 32.2. The van der Waals surface area contributed by atoms with Gasteiger partial charge >= 0.3 is 0 Å². The second kappa shape index (κ2) is 5.28. The van der Waals surface area contributed by atoms with Gasteiger partial charge in [0.2, 0.25) is 0 Å². The number of hydrogen-bond acceptors (Lipinski definition) is 3. The number of rotatable bonds is 3. The van der Waals surface area contributed by atoms with Crippen LogP contribution in [0.1, 0.15) is 18.9 Å². The van der Waals surface area contributed by atoms with Gasteiger partial charge in [0.25, 0.3) is 0 Å². The Morgan fingerprint density at radius 1 is 1.38 bits per heavy atom. The van der Waals surface area contributed by atoms with E-state index >= 15 is 0 Å². The molecule has 1 saturated heterocycles. The van der Waals surface area contributed by atoms with Crippen LogP contribution in [0.25, 0.3) is 0 Å². The molecule has 0 aliphatic carbocycles. The van der Waals surface area contributed by atoms with Gasteiger partial charge in [-0.15, -0.1) is 23.5 Å². The van der Waals surface area contributed by atoms with E-state index in [1.807, 2.05) is 18.7 Å². The van der Waals surface area contributed by atoms with Crippen LogP contribution >= 0.6 is 23.5 Å². The van der Waals surface area contributed by atoms with Gasteiger partial charge in [0.05, 0.1) is 5.25 Å². The van der Waals surface area contributed by atoms with Crippen molar-refractivity contribution in [3.05, 3.63) is 29.8 Å². The third-order valence-electron chi connectivity index (χ3n) is 2.90. The van der Waals surface area contributed by atoms with Crippen molar-refractivity contribution in [1.82, 2.24) is 0 Å². The average Bonchev–Trinajstić information content (AvgIpc) is 2.59. The lowest BCUT2D eigenvalue weighted by Crippen LogP contribution is -2.05. The Morgan fingerprint density at radius 3 is 2.56 bits per heavy atom. The monoisotopic (exact) mass is 252 g/mol. The summed E-state index contributed by atoms with van der Waals surface area (Å²) in [6.45, 7) is 2.02. The standard InChI is InChI=1S/C13H16OS2/c1-9-13(14)8-12(16-9)7-10-3-5-11(15-2)6-4-10/h3-6,9,12H,7-8H2,1-2H3. The molecule has 86 valence electrons. The number of ketones is 1. The first kappa shape index (κ1) is 12.1. The lowest BCUT2D eigenvalue weighted by atomic mass is 10.1. The number of benzene rings is 1. The molecule has 1 aliphatic heterocycles. The third kappa shape index (κ3) is 2.83. The molecule has 3 heteroatoms. The second-order valence-corrected chi connectivity index (χ2v) is 6.65. The van der Waals surface area contributed by atoms with E-state index in [0.717, 1.165) is 12.8 Å². The molecular formula is C13H16OS2. The van der Waals surface area contributed by atoms with Crippen LogP contribution in [0.4, 0.5) is 0 Å². The molecule has 0 radical (unpaired) electrons. The molecule has 1 aliphatic rings. The molecular weight excluding hydrogens is 236 g/mol. The number of Topliss-reactive ketones (excluding diaryl/α,β-unsaturated/α-hetero) is 1. The maximum atomic E-state index is 11.5. The molecule has 0 aromatic heterocycles. The lowest BCUT2D eigenvalue weighted by Gasteiger charge is -2.08. The van der Waals surface area contributed by atoms with Crippen molar-refractivity contribution in [1.29, 1.82) is 0 Å². The van der Waals surface area contributed by atoms with Crippen molar-refractivity contribution in [3.8, 4) is 0 Å². The molecule has 2 rings (SSSR count). The topological polar surface area (TPSA) is 17.1 Å². The molecule has 1 aromatic rings. The van der Waals surface area contributed by atoms with Crippen molar-refractivity contribution in [2.24, 2.45) is 0 Å². The van der Waals surface area contributed by atoms with Crippen LogP contribution in [0.2, 0.25) is 0 Å². The van der Waals surface area contributed by atoms with Crippen molar-refractivity contribution in [3.63, 3.8) is 0 Å². The molecule has 0 amide bonds. The van der Waals surface area contributed by atoms with Gasteiger partial charge in [-0.25, -0.2) is 0 Å². The summed E-state index contributed by atoms with van der Waals surface area (Å²) in [5.41, 5.74) is 1.34. The maximum Gasteiger partial charge on any atom is 0.146 e. The molecule has 1 fully saturated rings. The van der Waals surface area contributed by atoms with Crippen molar-refractivity contribution < 1.29 is 4.79 Å². The highest BCUT2D eigenvalue weighted by molar-refractivity contribution is 8.01. The van der Waals surface area contributed by atoms with Crippen LogP contribution in [0.3, 0.4) is 0 Å². The number of hydrogen-bond donors (Lipinski definition) is 0. The minimum Gasteiger partial charge on any atom is -0.298 e. The van der Waals surface area contributed by atoms with Gasteiger partial charge in [-0.2, -0.15) is 0 Å². The number of carbonyl (C=O) groups excluding carboxylic acids is 1. The molecule has 0 bridgehead atoms. The molecule has 0 N–H and O–H groups in total. The van der Waals surface area contributed by atoms with E-state index in [9.17, 15) is 4.79 Å². The Labute approximate surface area is 105 Å². The quantitative estimate of drug-likeness (QED) is 0.767. The van der Waals surface area contributed by atoms with Crippen LogP contribution in [0.5, 0.6) is 0 Å². The van der Waals surface area contributed by atoms with Crippen LogP contribution in [0.15, 0.2) is 29.2 Å². The minimum absolute atomic E-state index is 0.204. The predicted octanol–water partition coefficient (Wildman–Crippen LogP) is 3.41. The summed E-state index contributed by atoms with van der Waals surface area (Å²) in [5, 5.41) is 0.693. The summed E-state index contributed by atoms with van der Waals surface area (Å²) in [4.78, 5) is 12.7. The average molecular weight is 252 g/mol. The predicted molar refractivity (Wildman–Crippen MR) is 72.4 cm³/mol. The SMILES string of the molecule is CSc1ccc(CC2CC(=O)C(C)S2)cc1. The van der Waals surface area contributed by atoms with Crippen LogP contribution in [-0.4, -0.2) is 22.5 Å². The van der Waals surface area contributed by atoms with Crippen molar-refractivity contribution >= 4 is 29.3 Å². The first-order valence-corrected chi connectivity index (χ1v) is 7.67. The highest BCUT2D eigenvalue weighted by Crippen LogP contribution is 2.33. The summed E-state index contributed by atoms with van der Waals surface area (Å²) in [7, 11) is 0. The Bertz CT molecular complexity index is 372. The Kier molecular flexibility index (Phi) is 3.98. The normalized spacial score (nSPS) is 25.0. The van der Waals surface area contributed by atoms with Crippen LogP contribution in [-0.2, 0) is 11.2 Å². The zero-order chi connectivity index (χ0) is 11.5. The molecule has 2 atom stereocenters. The Morgan fingerprint density at radius 2 is 2.06 bits per heavy atom. The van der Waals surface area contributed by atoms with Crippen LogP contribution in [0, 0.1) is 0 Å². The number of thioether (sulfide) groups is 2. The summed E-state index contributed by atoms with van der Waals surface area (Å²) in [5.74, 6) is 0.413. The maximum absolute atomic E-state index is 11.5. The molecule has 0 spiro atoms. The molecule has 1 heterocycles. The molecule has 1 nitrogen and oxygen atoms in total. The van der Waals surface area contributed by atoms with E-state index in [1.165, 1.54) is 10.5 Å². The number of carbonyl (C=O) groups is 1. The molecule has 16 heavy (non-hydrogen) atoms. The van der Waals surface area contributed by atoms with Gasteiger partial charge in [-0.1, -0.05) is 12.1 Å². The summed E-state index contributed by atoms with van der Waals surface area (Å²) in [6, 6.07) is 8.68. The fourth-order valence-corrected chi connectivity index (χ4v) is 3.73. The van der Waals surface area contributed by atoms with E-state index in [0.29, 0.717) is 11.0 Å². The van der Waals surface area contributed by atoms with E-state index in [2.05, 4.69) is 30.5 Å². The Balaban J connectivity index is 1.96. The molecule has 1 aromatic carbocycles. The van der Waals surface area contributed by atoms with Gasteiger partial charge in [0.1, 0.15) is 5.78 Å². The van der Waals surface area contributed by atoms with Gasteiger partial charge in [0.15, 0.2) is 0 Å². The third-order valence-corrected chi connectivity index (χ3v) is 5.03. The van der Waals surface area contributed by atoms with E-state index in [4.69, 9.17) is 0 Å². The Hall–Kier alpha value is -0.410. The molecule has 2 unspecified atom stereocenters. The summed E-state index contributed by atoms with van der Waals surface area (Å²) in [6.07, 6.45) is 3.85. The lowest BCUT2D eigenvalue weighted by molar-refractivity contribution is -0.117. The van der Waals surface area contributed by atoms with Gasteiger partial charge in [-0.05, 0) is 37.3 Å². The second-order valence-electron chi connectivity index (χ2n) is 4.12. The van der Waals surface area contributed by atoms with Gasteiger partial charge in [-0.3, -0.25) is 4.79 Å². The van der Waals surface area contributed by atoms with Gasteiger partial charge in [0, 0.05) is 16.6 Å². The fraction of sp³-hybridized carbons (Fsp3) is 0.462. The van der Waals surface area contributed by atoms with Crippen LogP contribution < -0.4 is 0 Å². The molecule has 0 saturated carbocycles. The first-order valence-electron chi connectivity index (χ1n) is 5.50. The van der Waals surface area contributed by atoms with Gasteiger partial charge < -0.3 is 0 Å². The highest BCUT2D eigenvalue weighted by Gasteiger charge is 2.29. The first-order chi connectivity index (χ1) is 7.69. The van der Waals surface area contributed by atoms with Crippen molar-refractivity contribution in [2.75, 3.05) is 6.26 Å². The summed E-state index contributed by atoms with van der Waals surface area (Å²) < 4.78 is 0. The smallest absolute Gasteiger partial charge is 0.146 e. The summed E-state index contributed by atoms with van der Waals surface area (Å²) >= 11 is 3.59. The van der Waals surface area contributed by atoms with E-state index in [-0.39, 0.29) is 5.25 Å². The zero-order valence-corrected chi connectivity index (χ0v) is 11.2. The largest absolute Gasteiger partial charge is 0.298 e. The van der Waals surface area contributed by atoms with E-state index < -0.39 is 0 Å². The zero-order valence-electron chi connectivity index (χ0n) is 9.60. The van der Waals surface area contributed by atoms with E-state index in [1.54, 1.807) is 11.8 Å². The van der Waals surface area contributed by atoms with Crippen molar-refractivity contribution in [2.45, 2.75) is 35.2 Å². The fourth-order valence-electron chi connectivity index (χ4n) is 1.95. The minimum atomic E-state index is 0.204.